The van der Waals surface area contributed by atoms with E-state index in [9.17, 15) is 14.4 Å². The number of hydrogen-bond acceptors (Lipinski definition) is 6. The first-order chi connectivity index (χ1) is 15.2. The smallest absolute Gasteiger partial charge is 0.330 e. The molecule has 3 rings (SSSR count). The van der Waals surface area contributed by atoms with Crippen LogP contribution < -0.4 is 11.2 Å². The zero-order chi connectivity index (χ0) is 23.4. The lowest BCUT2D eigenvalue weighted by atomic mass is 10.0. The Hall–Kier alpha value is -2.99. The van der Waals surface area contributed by atoms with Gasteiger partial charge in [0, 0.05) is 38.0 Å². The number of ether oxygens (including phenoxy) is 1. The predicted molar refractivity (Wildman–Crippen MR) is 121 cm³/mol. The second kappa shape index (κ2) is 10.1. The summed E-state index contributed by atoms with van der Waals surface area (Å²) in [6.07, 6.45) is 1.54. The predicted octanol–water partition coefficient (Wildman–Crippen LogP) is 2.40. The summed E-state index contributed by atoms with van der Waals surface area (Å²) in [5.41, 5.74) is -0.0659. The molecule has 3 heterocycles. The van der Waals surface area contributed by atoms with Gasteiger partial charge in [0.05, 0.1) is 23.4 Å². The molecule has 0 bridgehead atoms. The first-order valence-electron chi connectivity index (χ1n) is 11.2. The number of H-pyrrole nitrogens is 1. The molecule has 172 valence electrons. The minimum absolute atomic E-state index is 0.0107. The van der Waals surface area contributed by atoms with E-state index in [1.165, 1.54) is 4.57 Å². The fourth-order valence-electron chi connectivity index (χ4n) is 4.06. The molecule has 1 amide bonds. The topological polar surface area (TPSA) is 121 Å². The summed E-state index contributed by atoms with van der Waals surface area (Å²) >= 11 is 0. The Morgan fingerprint density at radius 2 is 2.00 bits per heavy atom. The minimum atomic E-state index is -0.622. The number of carbonyl (C=O) groups excluding carboxylic acids is 1. The first kappa shape index (κ1) is 23.7. The maximum absolute atomic E-state index is 13.8. The molecule has 1 saturated heterocycles. The molecule has 1 fully saturated rings. The number of carbonyl (C=O) groups is 1. The quantitative estimate of drug-likeness (QED) is 0.704. The van der Waals surface area contributed by atoms with Crippen molar-refractivity contribution in [2.75, 3.05) is 19.8 Å². The Morgan fingerprint density at radius 3 is 2.59 bits per heavy atom. The van der Waals surface area contributed by atoms with Gasteiger partial charge in [-0.2, -0.15) is 5.26 Å². The normalized spacial score (nSPS) is 14.8. The second-order valence-corrected chi connectivity index (χ2v) is 8.96. The molecule has 0 spiro atoms. The third-order valence-electron chi connectivity index (χ3n) is 5.70. The van der Waals surface area contributed by atoms with Crippen molar-refractivity contribution in [3.05, 3.63) is 38.2 Å². The Bertz CT molecular complexity index is 1140. The number of nitrogens with one attached hydrogen (secondary N) is 1. The summed E-state index contributed by atoms with van der Waals surface area (Å²) in [7, 11) is 0. The minimum Gasteiger partial charge on any atom is -0.381 e. The lowest BCUT2D eigenvalue weighted by Gasteiger charge is -2.34. The summed E-state index contributed by atoms with van der Waals surface area (Å²) in [5, 5.41) is 9.25. The van der Waals surface area contributed by atoms with Crippen molar-refractivity contribution >= 4 is 16.9 Å². The maximum Gasteiger partial charge on any atom is 0.330 e. The van der Waals surface area contributed by atoms with Crippen molar-refractivity contribution in [3.8, 4) is 6.07 Å². The molecule has 0 saturated carbocycles. The number of aromatic nitrogens is 3. The van der Waals surface area contributed by atoms with Crippen LogP contribution in [0.3, 0.4) is 0 Å². The van der Waals surface area contributed by atoms with Crippen molar-refractivity contribution < 1.29 is 9.53 Å². The van der Waals surface area contributed by atoms with Gasteiger partial charge in [0.15, 0.2) is 5.65 Å². The van der Waals surface area contributed by atoms with Crippen molar-refractivity contribution in [1.82, 2.24) is 19.4 Å². The van der Waals surface area contributed by atoms with Gasteiger partial charge in [-0.05, 0) is 30.7 Å². The molecule has 32 heavy (non-hydrogen) atoms. The SMILES string of the molecule is CC(C)Cn1c(=O)[nH]c(=O)c2c(C(=O)N(CCC#N)C3CCOCC3)cc(C(C)C)nc21. The fraction of sp³-hybridized carbons (Fsp3) is 0.609. The zero-order valence-electron chi connectivity index (χ0n) is 19.2. The van der Waals surface area contributed by atoms with Crippen molar-refractivity contribution in [1.29, 1.82) is 5.26 Å². The third-order valence-corrected chi connectivity index (χ3v) is 5.70. The number of fused-ring (bicyclic) bond motifs is 1. The number of nitriles is 1. The number of pyridine rings is 1. The van der Waals surface area contributed by atoms with Crippen LogP contribution in [-0.2, 0) is 11.3 Å². The Balaban J connectivity index is 2.25. The van der Waals surface area contributed by atoms with E-state index in [1.54, 1.807) is 11.0 Å². The van der Waals surface area contributed by atoms with Crippen LogP contribution in [0, 0.1) is 17.2 Å². The zero-order valence-corrected chi connectivity index (χ0v) is 19.2. The van der Waals surface area contributed by atoms with E-state index in [-0.39, 0.29) is 53.3 Å². The van der Waals surface area contributed by atoms with Crippen LogP contribution in [0.25, 0.3) is 11.0 Å². The largest absolute Gasteiger partial charge is 0.381 e. The Kier molecular flexibility index (Phi) is 7.46. The highest BCUT2D eigenvalue weighted by atomic mass is 16.5. The molecule has 0 aliphatic carbocycles. The molecule has 2 aromatic heterocycles. The summed E-state index contributed by atoms with van der Waals surface area (Å²) in [4.78, 5) is 48.0. The number of nitrogens with zero attached hydrogens (tertiary/aromatic N) is 4. The van der Waals surface area contributed by atoms with E-state index in [0.717, 1.165) is 0 Å². The van der Waals surface area contributed by atoms with Gasteiger partial charge in [0.1, 0.15) is 0 Å². The molecule has 0 unspecified atom stereocenters. The molecule has 0 aromatic carbocycles. The Morgan fingerprint density at radius 1 is 1.31 bits per heavy atom. The van der Waals surface area contributed by atoms with Crippen LogP contribution >= 0.6 is 0 Å². The highest BCUT2D eigenvalue weighted by Crippen LogP contribution is 2.24. The highest BCUT2D eigenvalue weighted by Gasteiger charge is 2.29. The molecule has 0 atom stereocenters. The lowest BCUT2D eigenvalue weighted by molar-refractivity contribution is 0.0297. The maximum atomic E-state index is 13.8. The van der Waals surface area contributed by atoms with Crippen LogP contribution in [0.5, 0.6) is 0 Å². The van der Waals surface area contributed by atoms with Crippen molar-refractivity contribution in [2.45, 2.75) is 65.5 Å². The molecule has 9 nitrogen and oxygen atoms in total. The van der Waals surface area contributed by atoms with Gasteiger partial charge >= 0.3 is 5.69 Å². The number of hydrogen-bond donors (Lipinski definition) is 1. The average Bonchev–Trinajstić information content (AvgIpc) is 2.76. The van der Waals surface area contributed by atoms with E-state index in [2.05, 4.69) is 16.0 Å². The molecule has 9 heteroatoms. The van der Waals surface area contributed by atoms with E-state index >= 15 is 0 Å². The van der Waals surface area contributed by atoms with Gasteiger partial charge in [-0.1, -0.05) is 27.7 Å². The van der Waals surface area contributed by atoms with E-state index in [0.29, 0.717) is 38.3 Å². The molecule has 1 aliphatic rings. The fourth-order valence-corrected chi connectivity index (χ4v) is 4.06. The van der Waals surface area contributed by atoms with E-state index in [1.807, 2.05) is 27.7 Å². The van der Waals surface area contributed by atoms with Gasteiger partial charge in [-0.25, -0.2) is 9.78 Å². The van der Waals surface area contributed by atoms with Gasteiger partial charge in [0.25, 0.3) is 11.5 Å². The molecule has 2 aromatic rings. The molecular weight excluding hydrogens is 410 g/mol. The van der Waals surface area contributed by atoms with Crippen molar-refractivity contribution in [2.24, 2.45) is 5.92 Å². The summed E-state index contributed by atoms with van der Waals surface area (Å²) in [6, 6.07) is 3.70. The summed E-state index contributed by atoms with van der Waals surface area (Å²) < 4.78 is 6.88. The lowest BCUT2D eigenvalue weighted by Crippen LogP contribution is -2.44. The first-order valence-corrected chi connectivity index (χ1v) is 11.2. The van der Waals surface area contributed by atoms with Crippen LogP contribution in [0.1, 0.15) is 68.9 Å². The highest BCUT2D eigenvalue weighted by molar-refractivity contribution is 6.05. The van der Waals surface area contributed by atoms with E-state index in [4.69, 9.17) is 10.00 Å². The Labute approximate surface area is 187 Å². The van der Waals surface area contributed by atoms with Crippen LogP contribution in [0.15, 0.2) is 15.7 Å². The van der Waals surface area contributed by atoms with Crippen molar-refractivity contribution in [3.63, 3.8) is 0 Å². The van der Waals surface area contributed by atoms with Crippen LogP contribution in [-0.4, -0.2) is 51.1 Å². The monoisotopic (exact) mass is 441 g/mol. The number of amides is 1. The van der Waals surface area contributed by atoms with Gasteiger partial charge in [-0.3, -0.25) is 19.1 Å². The molecule has 1 N–H and O–H groups in total. The standard InChI is InChI=1S/C23H31N5O4/c1-14(2)13-28-20-19(21(29)26-23(28)31)17(12-18(25-20)15(3)4)22(30)27(9-5-8-24)16-6-10-32-11-7-16/h12,14-16H,5-7,9-11,13H2,1-4H3,(H,26,29,31). The average molecular weight is 442 g/mol. The summed E-state index contributed by atoms with van der Waals surface area (Å²) in [5.74, 6) is -0.190. The number of rotatable bonds is 7. The van der Waals surface area contributed by atoms with Gasteiger partial charge in [0.2, 0.25) is 0 Å². The van der Waals surface area contributed by atoms with Gasteiger partial charge in [-0.15, -0.1) is 0 Å². The molecule has 1 aliphatic heterocycles. The van der Waals surface area contributed by atoms with Crippen LogP contribution in [0.2, 0.25) is 0 Å². The van der Waals surface area contributed by atoms with Gasteiger partial charge < -0.3 is 9.64 Å². The number of aromatic amines is 1. The second-order valence-electron chi connectivity index (χ2n) is 8.96. The third kappa shape index (κ3) is 4.91. The van der Waals surface area contributed by atoms with E-state index < -0.39 is 11.2 Å². The summed E-state index contributed by atoms with van der Waals surface area (Å²) in [6.45, 7) is 9.57. The van der Waals surface area contributed by atoms with Crippen LogP contribution in [0.4, 0.5) is 0 Å². The molecular formula is C23H31N5O4. The molecule has 0 radical (unpaired) electrons.